The van der Waals surface area contributed by atoms with Gasteiger partial charge in [-0.3, -0.25) is 10.1 Å². The molecule has 1 aromatic rings. The number of aliphatic carboxylic acids is 1. The molecule has 0 fully saturated rings. The second-order valence-electron chi connectivity index (χ2n) is 3.56. The molecule has 0 spiro atoms. The number of carboxylic acid groups (broad SMARTS) is 1. The van der Waals surface area contributed by atoms with Crippen molar-refractivity contribution in [3.63, 3.8) is 0 Å². The Morgan fingerprint density at radius 1 is 1.45 bits per heavy atom. The van der Waals surface area contributed by atoms with Gasteiger partial charge >= 0.3 is 17.8 Å². The van der Waals surface area contributed by atoms with Crippen molar-refractivity contribution in [3.05, 3.63) is 40.0 Å². The molecule has 0 aromatic heterocycles. The summed E-state index contributed by atoms with van der Waals surface area (Å²) in [7, 11) is 0. The molecule has 9 heteroatoms. The van der Waals surface area contributed by atoms with Crippen molar-refractivity contribution in [1.29, 1.82) is 0 Å². The van der Waals surface area contributed by atoms with Gasteiger partial charge in [0, 0.05) is 12.1 Å². The molecule has 0 saturated heterocycles. The number of halogens is 3. The zero-order valence-electron chi connectivity index (χ0n) is 9.76. The number of alkyl halides is 3. The summed E-state index contributed by atoms with van der Waals surface area (Å²) in [6, 6.07) is 3.09. The zero-order valence-corrected chi connectivity index (χ0v) is 9.76. The fourth-order valence-corrected chi connectivity index (χ4v) is 1.23. The first kappa shape index (κ1) is 15.5. The van der Waals surface area contributed by atoms with Crippen LogP contribution in [0, 0.1) is 10.1 Å². The summed E-state index contributed by atoms with van der Waals surface area (Å²) in [6.45, 7) is -1.68. The number of nitro groups is 1. The minimum absolute atomic E-state index is 0.162. The monoisotopic (exact) mass is 291 g/mol. The quantitative estimate of drug-likeness (QED) is 0.511. The summed E-state index contributed by atoms with van der Waals surface area (Å²) in [5.41, 5.74) is -0.475. The van der Waals surface area contributed by atoms with E-state index < -0.39 is 35.1 Å². The number of hydrogen-bond acceptors (Lipinski definition) is 4. The first-order chi connectivity index (χ1) is 9.19. The molecule has 0 aliphatic carbocycles. The molecule has 0 amide bonds. The first-order valence-corrected chi connectivity index (χ1v) is 5.08. The van der Waals surface area contributed by atoms with Crippen molar-refractivity contribution in [3.8, 4) is 5.75 Å². The molecular weight excluding hydrogens is 283 g/mol. The normalized spacial score (nSPS) is 11.6. The topological polar surface area (TPSA) is 89.7 Å². The van der Waals surface area contributed by atoms with Crippen LogP contribution in [0.1, 0.15) is 5.56 Å². The van der Waals surface area contributed by atoms with Gasteiger partial charge in [0.05, 0.1) is 4.92 Å². The van der Waals surface area contributed by atoms with E-state index in [1.807, 2.05) is 0 Å². The third-order valence-electron chi connectivity index (χ3n) is 1.99. The molecule has 0 aliphatic heterocycles. The van der Waals surface area contributed by atoms with Crippen LogP contribution >= 0.6 is 0 Å². The van der Waals surface area contributed by atoms with E-state index in [0.717, 1.165) is 24.3 Å². The maximum atomic E-state index is 12.0. The standard InChI is InChI=1S/C11H8F3NO5/c12-11(13,14)6-20-9-5-7(2-4-10(16)17)1-3-8(9)15(18)19/h1-5H,6H2,(H,16,17). The van der Waals surface area contributed by atoms with Crippen LogP contribution in [-0.2, 0) is 4.79 Å². The second kappa shape index (κ2) is 6.04. The summed E-state index contributed by atoms with van der Waals surface area (Å²) in [5, 5.41) is 19.1. The Balaban J connectivity index is 3.06. The van der Waals surface area contributed by atoms with Gasteiger partial charge in [-0.05, 0) is 23.8 Å². The van der Waals surface area contributed by atoms with Crippen molar-refractivity contribution in [2.45, 2.75) is 6.18 Å². The van der Waals surface area contributed by atoms with Gasteiger partial charge in [0.15, 0.2) is 12.4 Å². The van der Waals surface area contributed by atoms with Crippen molar-refractivity contribution in [2.24, 2.45) is 0 Å². The number of nitro benzene ring substituents is 1. The predicted octanol–water partition coefficient (Wildman–Crippen LogP) is 2.63. The number of nitrogens with zero attached hydrogens (tertiary/aromatic N) is 1. The van der Waals surface area contributed by atoms with E-state index >= 15 is 0 Å². The Kier molecular flexibility index (Phi) is 4.68. The van der Waals surface area contributed by atoms with E-state index in [1.54, 1.807) is 0 Å². The molecule has 0 saturated carbocycles. The first-order valence-electron chi connectivity index (χ1n) is 5.08. The molecule has 20 heavy (non-hydrogen) atoms. The van der Waals surface area contributed by atoms with E-state index in [9.17, 15) is 28.1 Å². The van der Waals surface area contributed by atoms with Crippen LogP contribution in [-0.4, -0.2) is 28.8 Å². The van der Waals surface area contributed by atoms with Gasteiger partial charge in [0.25, 0.3) is 0 Å². The van der Waals surface area contributed by atoms with E-state index in [4.69, 9.17) is 5.11 Å². The number of rotatable bonds is 5. The SMILES string of the molecule is O=C(O)C=Cc1ccc([N+](=O)[O-])c(OCC(F)(F)F)c1. The summed E-state index contributed by atoms with van der Waals surface area (Å²) in [6.07, 6.45) is -2.82. The van der Waals surface area contributed by atoms with Crippen molar-refractivity contribution >= 4 is 17.7 Å². The van der Waals surface area contributed by atoms with Gasteiger partial charge in [-0.25, -0.2) is 4.79 Å². The van der Waals surface area contributed by atoms with Crippen LogP contribution in [0.25, 0.3) is 6.08 Å². The third kappa shape index (κ3) is 4.96. The average molecular weight is 291 g/mol. The number of benzene rings is 1. The van der Waals surface area contributed by atoms with Crippen LogP contribution < -0.4 is 4.74 Å². The minimum atomic E-state index is -4.64. The summed E-state index contributed by atoms with van der Waals surface area (Å²) in [4.78, 5) is 20.1. The molecule has 1 aromatic carbocycles. The molecule has 6 nitrogen and oxygen atoms in total. The summed E-state index contributed by atoms with van der Waals surface area (Å²) in [5.74, 6) is -1.85. The molecule has 0 aliphatic rings. The molecule has 1 rings (SSSR count). The van der Waals surface area contributed by atoms with E-state index in [1.165, 1.54) is 6.07 Å². The molecule has 108 valence electrons. The van der Waals surface area contributed by atoms with E-state index in [-0.39, 0.29) is 5.56 Å². The number of hydrogen-bond donors (Lipinski definition) is 1. The van der Waals surface area contributed by atoms with Gasteiger partial charge in [-0.2, -0.15) is 13.2 Å². The van der Waals surface area contributed by atoms with Gasteiger partial charge in [0.2, 0.25) is 0 Å². The van der Waals surface area contributed by atoms with Crippen LogP contribution in [0.5, 0.6) is 5.75 Å². The largest absolute Gasteiger partial charge is 0.478 e. The van der Waals surface area contributed by atoms with Crippen LogP contribution in [0.2, 0.25) is 0 Å². The highest BCUT2D eigenvalue weighted by Crippen LogP contribution is 2.30. The maximum absolute atomic E-state index is 12.0. The fraction of sp³-hybridized carbons (Fsp3) is 0.182. The Bertz CT molecular complexity index is 553. The summed E-state index contributed by atoms with van der Waals surface area (Å²) >= 11 is 0. The Morgan fingerprint density at radius 3 is 2.60 bits per heavy atom. The van der Waals surface area contributed by atoms with Gasteiger partial charge < -0.3 is 9.84 Å². The fourth-order valence-electron chi connectivity index (χ4n) is 1.23. The second-order valence-corrected chi connectivity index (χ2v) is 3.56. The molecule has 1 N–H and O–H groups in total. The highest BCUT2D eigenvalue weighted by Gasteiger charge is 2.30. The highest BCUT2D eigenvalue weighted by molar-refractivity contribution is 5.85. The lowest BCUT2D eigenvalue weighted by Gasteiger charge is -2.09. The molecule has 0 heterocycles. The molecule has 0 atom stereocenters. The molecule has 0 bridgehead atoms. The average Bonchev–Trinajstić information content (AvgIpc) is 2.32. The molecule has 0 unspecified atom stereocenters. The Hall–Kier alpha value is -2.58. The molecular formula is C11H8F3NO5. The lowest BCUT2D eigenvalue weighted by atomic mass is 10.1. The van der Waals surface area contributed by atoms with Gasteiger partial charge in [0.1, 0.15) is 0 Å². The number of ether oxygens (including phenoxy) is 1. The smallest absolute Gasteiger partial charge is 0.422 e. The van der Waals surface area contributed by atoms with Crippen molar-refractivity contribution < 1.29 is 32.7 Å². The van der Waals surface area contributed by atoms with Crippen LogP contribution in [0.4, 0.5) is 18.9 Å². The number of carbonyl (C=O) groups is 1. The Morgan fingerprint density at radius 2 is 2.10 bits per heavy atom. The molecule has 0 radical (unpaired) electrons. The number of carboxylic acids is 1. The van der Waals surface area contributed by atoms with E-state index in [2.05, 4.69) is 4.74 Å². The summed E-state index contributed by atoms with van der Waals surface area (Å²) < 4.78 is 40.5. The zero-order chi connectivity index (χ0) is 15.3. The van der Waals surface area contributed by atoms with Crippen molar-refractivity contribution in [2.75, 3.05) is 6.61 Å². The van der Waals surface area contributed by atoms with Crippen LogP contribution in [0.3, 0.4) is 0 Å². The van der Waals surface area contributed by atoms with E-state index in [0.29, 0.717) is 0 Å². The lowest BCUT2D eigenvalue weighted by molar-refractivity contribution is -0.386. The predicted molar refractivity (Wildman–Crippen MR) is 61.3 cm³/mol. The third-order valence-corrected chi connectivity index (χ3v) is 1.99. The Labute approximate surface area is 110 Å². The van der Waals surface area contributed by atoms with Gasteiger partial charge in [-0.1, -0.05) is 0 Å². The van der Waals surface area contributed by atoms with Gasteiger partial charge in [-0.15, -0.1) is 0 Å². The lowest BCUT2D eigenvalue weighted by Crippen LogP contribution is -2.19. The van der Waals surface area contributed by atoms with Crippen LogP contribution in [0.15, 0.2) is 24.3 Å². The van der Waals surface area contributed by atoms with Crippen molar-refractivity contribution in [1.82, 2.24) is 0 Å². The highest BCUT2D eigenvalue weighted by atomic mass is 19.4. The maximum Gasteiger partial charge on any atom is 0.422 e. The minimum Gasteiger partial charge on any atom is -0.478 e.